The minimum absolute atomic E-state index is 0. The highest BCUT2D eigenvalue weighted by Crippen LogP contribution is 2.18. The summed E-state index contributed by atoms with van der Waals surface area (Å²) in [6.07, 6.45) is 60.0. The van der Waals surface area contributed by atoms with Gasteiger partial charge < -0.3 is 0 Å². The third kappa shape index (κ3) is 42.0. The SMILES string of the molecule is C.C.C.C1CCC1.C1CCC1.C1CCC1.C1CCC1.C1CCC1.C1CCC1.C1CCC1.C1CCC1.C1CCC1.C1CCC1. The molecule has 0 amide bonds. The first kappa shape index (κ1) is 47.4. The van der Waals surface area contributed by atoms with Gasteiger partial charge in [-0.05, 0) is 0 Å². The third-order valence-electron chi connectivity index (χ3n) is 10.00. The van der Waals surface area contributed by atoms with Crippen LogP contribution in [-0.2, 0) is 0 Å². The molecule has 264 valence electrons. The van der Waals surface area contributed by atoms with Gasteiger partial charge in [-0.2, -0.15) is 0 Å². The Balaban J connectivity index is -0.000000410. The molecular weight excluding hydrogens is 516 g/mol. The Morgan fingerprint density at radius 3 is 0.0930 bits per heavy atom. The molecule has 0 saturated heterocycles. The first-order valence-electron chi connectivity index (χ1n) is 20.0. The fourth-order valence-corrected chi connectivity index (χ4v) is 2.50. The van der Waals surface area contributed by atoms with Crippen molar-refractivity contribution in [1.29, 1.82) is 0 Å². The Hall–Kier alpha value is 0. The Morgan fingerprint density at radius 1 is 0.0698 bits per heavy atom. The van der Waals surface area contributed by atoms with Crippen LogP contribution in [0, 0.1) is 0 Å². The fraction of sp³-hybridized carbons (Fsp3) is 1.00. The van der Waals surface area contributed by atoms with Crippen molar-refractivity contribution >= 4 is 0 Å². The molecule has 0 atom stereocenters. The molecule has 0 heterocycles. The third-order valence-corrected chi connectivity index (χ3v) is 10.00. The summed E-state index contributed by atoms with van der Waals surface area (Å²) in [6.45, 7) is 0. The molecule has 0 unspecified atom stereocenters. The highest BCUT2D eigenvalue weighted by Gasteiger charge is 1.98. The topological polar surface area (TPSA) is 0 Å². The molecule has 10 rings (SSSR count). The van der Waals surface area contributed by atoms with Crippen LogP contribution in [0.4, 0.5) is 0 Å². The zero-order valence-corrected chi connectivity index (χ0v) is 28.3. The van der Waals surface area contributed by atoms with Crippen LogP contribution in [0.2, 0.25) is 0 Å². The summed E-state index contributed by atoms with van der Waals surface area (Å²) in [5.74, 6) is 0. The number of hydrogen-bond acceptors (Lipinski definition) is 0. The van der Waals surface area contributed by atoms with Gasteiger partial charge in [-0.15, -0.1) is 0 Å². The summed E-state index contributed by atoms with van der Waals surface area (Å²) in [5, 5.41) is 0. The van der Waals surface area contributed by atoms with Crippen molar-refractivity contribution in [1.82, 2.24) is 0 Å². The molecule has 0 nitrogen and oxygen atoms in total. The van der Waals surface area contributed by atoms with E-state index < -0.39 is 0 Å². The lowest BCUT2D eigenvalue weighted by atomic mass is 10.0. The van der Waals surface area contributed by atoms with Crippen LogP contribution in [0.15, 0.2) is 0 Å². The minimum atomic E-state index is 0. The first-order chi connectivity index (χ1) is 20.0. The van der Waals surface area contributed by atoms with Crippen LogP contribution in [0.5, 0.6) is 0 Å². The van der Waals surface area contributed by atoms with Crippen LogP contribution < -0.4 is 0 Å². The average Bonchev–Trinajstić information content (AvgIpc) is 2.34. The molecule has 10 aliphatic rings. The minimum Gasteiger partial charge on any atom is -0.0776 e. The largest absolute Gasteiger partial charge is 0.0776 e. The van der Waals surface area contributed by atoms with E-state index in [1.54, 1.807) is 0 Å². The predicted octanol–water partition coefficient (Wildman–Crippen LogP) is 17.5. The van der Waals surface area contributed by atoms with Crippen LogP contribution in [0.3, 0.4) is 0 Å². The van der Waals surface area contributed by atoms with Crippen molar-refractivity contribution in [2.45, 2.75) is 279 Å². The first-order valence-corrected chi connectivity index (χ1v) is 20.0. The predicted molar refractivity (Wildman–Crippen MR) is 205 cm³/mol. The van der Waals surface area contributed by atoms with Crippen LogP contribution in [0.25, 0.3) is 0 Å². The van der Waals surface area contributed by atoms with Crippen LogP contribution >= 0.6 is 0 Å². The second kappa shape index (κ2) is 44.1. The summed E-state index contributed by atoms with van der Waals surface area (Å²) in [6, 6.07) is 0. The van der Waals surface area contributed by atoms with Gasteiger partial charge >= 0.3 is 0 Å². The van der Waals surface area contributed by atoms with Gasteiger partial charge in [0, 0.05) is 0 Å². The van der Waals surface area contributed by atoms with E-state index in [9.17, 15) is 0 Å². The lowest BCUT2D eigenvalue weighted by Crippen LogP contribution is -1.85. The molecule has 0 aromatic heterocycles. The van der Waals surface area contributed by atoms with Crippen LogP contribution in [0.1, 0.15) is 279 Å². The van der Waals surface area contributed by atoms with Gasteiger partial charge in [0.25, 0.3) is 0 Å². The van der Waals surface area contributed by atoms with E-state index in [0.29, 0.717) is 0 Å². The fourth-order valence-electron chi connectivity index (χ4n) is 2.50. The summed E-state index contributed by atoms with van der Waals surface area (Å²) in [4.78, 5) is 0. The molecule has 0 radical (unpaired) electrons. The van der Waals surface area contributed by atoms with E-state index in [1.165, 1.54) is 257 Å². The lowest BCUT2D eigenvalue weighted by Gasteiger charge is -2.05. The molecule has 0 aromatic rings. The zero-order chi connectivity index (χ0) is 28.3. The Morgan fingerprint density at radius 2 is 0.0930 bits per heavy atom. The van der Waals surface area contributed by atoms with Crippen molar-refractivity contribution in [3.05, 3.63) is 0 Å². The van der Waals surface area contributed by atoms with Crippen molar-refractivity contribution in [3.8, 4) is 0 Å². The van der Waals surface area contributed by atoms with E-state index in [4.69, 9.17) is 0 Å². The summed E-state index contributed by atoms with van der Waals surface area (Å²) in [7, 11) is 0. The summed E-state index contributed by atoms with van der Waals surface area (Å²) < 4.78 is 0. The van der Waals surface area contributed by atoms with Crippen molar-refractivity contribution in [3.63, 3.8) is 0 Å². The second-order valence-electron chi connectivity index (χ2n) is 14.1. The van der Waals surface area contributed by atoms with Crippen LogP contribution in [-0.4, -0.2) is 0 Å². The van der Waals surface area contributed by atoms with Crippen molar-refractivity contribution < 1.29 is 0 Å². The lowest BCUT2D eigenvalue weighted by molar-refractivity contribution is 0.504. The molecule has 10 saturated carbocycles. The molecule has 0 heteroatoms. The molecule has 43 heavy (non-hydrogen) atoms. The normalized spacial score (nSPS) is 22.3. The number of rotatable bonds is 0. The maximum Gasteiger partial charge on any atom is -0.0533 e. The van der Waals surface area contributed by atoms with E-state index >= 15 is 0 Å². The molecule has 0 bridgehead atoms. The quantitative estimate of drug-likeness (QED) is 0.256. The molecule has 10 aliphatic carbocycles. The summed E-state index contributed by atoms with van der Waals surface area (Å²) in [5.41, 5.74) is 0. The Labute approximate surface area is 278 Å². The average molecular weight is 609 g/mol. The van der Waals surface area contributed by atoms with Gasteiger partial charge in [0.2, 0.25) is 0 Å². The van der Waals surface area contributed by atoms with Gasteiger partial charge in [-0.1, -0.05) is 279 Å². The van der Waals surface area contributed by atoms with E-state index in [0.717, 1.165) is 0 Å². The molecule has 0 N–H and O–H groups in total. The van der Waals surface area contributed by atoms with Gasteiger partial charge in [-0.25, -0.2) is 0 Å². The molecule has 0 spiro atoms. The monoisotopic (exact) mass is 609 g/mol. The smallest absolute Gasteiger partial charge is 0.0533 e. The van der Waals surface area contributed by atoms with E-state index in [2.05, 4.69) is 0 Å². The molecular formula is C43H92. The maximum absolute atomic E-state index is 1.50. The van der Waals surface area contributed by atoms with Gasteiger partial charge in [-0.3, -0.25) is 0 Å². The highest BCUT2D eigenvalue weighted by molar-refractivity contribution is 4.54. The molecule has 10 fully saturated rings. The van der Waals surface area contributed by atoms with Gasteiger partial charge in [0.05, 0.1) is 0 Å². The molecule has 0 aliphatic heterocycles. The van der Waals surface area contributed by atoms with E-state index in [-0.39, 0.29) is 22.3 Å². The standard InChI is InChI=1S/10C4H8.3CH4/c10*1-2-4-3-1;;;/h10*1-4H2;3*1H4. The Bertz CT molecular complexity index is 213. The van der Waals surface area contributed by atoms with Crippen molar-refractivity contribution in [2.75, 3.05) is 0 Å². The Kier molecular flexibility index (Phi) is 48.6. The van der Waals surface area contributed by atoms with Gasteiger partial charge in [0.1, 0.15) is 0 Å². The highest BCUT2D eigenvalue weighted by atomic mass is 14.0. The summed E-state index contributed by atoms with van der Waals surface area (Å²) >= 11 is 0. The molecule has 0 aromatic carbocycles. The van der Waals surface area contributed by atoms with Gasteiger partial charge in [0.15, 0.2) is 0 Å². The van der Waals surface area contributed by atoms with Crippen molar-refractivity contribution in [2.24, 2.45) is 0 Å². The number of hydrogen-bond donors (Lipinski definition) is 0. The zero-order valence-electron chi connectivity index (χ0n) is 28.3. The van der Waals surface area contributed by atoms with E-state index in [1.807, 2.05) is 0 Å². The maximum atomic E-state index is 1.50. The second-order valence-corrected chi connectivity index (χ2v) is 14.1.